The number of para-hydroxylation sites is 1. The molecule has 0 aromatic heterocycles. The second-order valence-corrected chi connectivity index (χ2v) is 4.52. The van der Waals surface area contributed by atoms with Crippen LogP contribution in [0.15, 0.2) is 30.3 Å². The third kappa shape index (κ3) is 4.91. The summed E-state index contributed by atoms with van der Waals surface area (Å²) in [5, 5.41) is 11.6. The predicted octanol–water partition coefficient (Wildman–Crippen LogP) is 2.07. The Labute approximate surface area is 118 Å². The minimum atomic E-state index is -0.898. The summed E-state index contributed by atoms with van der Waals surface area (Å²) in [5.41, 5.74) is 0. The predicted molar refractivity (Wildman–Crippen MR) is 75.6 cm³/mol. The van der Waals surface area contributed by atoms with E-state index in [9.17, 15) is 9.59 Å². The molecule has 5 nitrogen and oxygen atoms in total. The smallest absolute Gasteiger partial charge is 0.308 e. The number of hydrogen-bond acceptors (Lipinski definition) is 3. The third-order valence-corrected chi connectivity index (χ3v) is 3.05. The zero-order valence-electron chi connectivity index (χ0n) is 11.8. The number of carboxylic acids is 1. The Bertz CT molecular complexity index is 433. The maximum Gasteiger partial charge on any atom is 0.308 e. The van der Waals surface area contributed by atoms with Crippen LogP contribution in [0.5, 0.6) is 5.75 Å². The Hall–Kier alpha value is -2.04. The number of carbonyl (C=O) groups excluding carboxylic acids is 1. The summed E-state index contributed by atoms with van der Waals surface area (Å²) >= 11 is 0. The molecule has 2 N–H and O–H groups in total. The summed E-state index contributed by atoms with van der Waals surface area (Å²) in [5.74, 6) is -1.12. The highest BCUT2D eigenvalue weighted by atomic mass is 16.5. The van der Waals surface area contributed by atoms with Crippen LogP contribution in [0, 0.1) is 5.92 Å². The molecule has 0 saturated heterocycles. The van der Waals surface area contributed by atoms with Gasteiger partial charge in [0.15, 0.2) is 6.10 Å². The molecule has 0 heterocycles. The largest absolute Gasteiger partial charge is 0.481 e. The Kier molecular flexibility index (Phi) is 6.56. The quantitative estimate of drug-likeness (QED) is 0.764. The van der Waals surface area contributed by atoms with Gasteiger partial charge in [0.2, 0.25) is 0 Å². The average molecular weight is 279 g/mol. The third-order valence-electron chi connectivity index (χ3n) is 3.05. The van der Waals surface area contributed by atoms with Crippen LogP contribution < -0.4 is 10.1 Å². The van der Waals surface area contributed by atoms with Gasteiger partial charge in [-0.1, -0.05) is 32.0 Å². The summed E-state index contributed by atoms with van der Waals surface area (Å²) in [6, 6.07) is 9.09. The molecule has 0 radical (unpaired) electrons. The number of aliphatic carboxylic acids is 1. The first-order valence-electron chi connectivity index (χ1n) is 6.80. The van der Waals surface area contributed by atoms with E-state index in [1.807, 2.05) is 25.1 Å². The van der Waals surface area contributed by atoms with E-state index in [1.165, 1.54) is 0 Å². The molecule has 2 unspecified atom stereocenters. The van der Waals surface area contributed by atoms with Gasteiger partial charge < -0.3 is 15.2 Å². The van der Waals surface area contributed by atoms with Crippen molar-refractivity contribution < 1.29 is 19.4 Å². The van der Waals surface area contributed by atoms with Gasteiger partial charge in [0.1, 0.15) is 5.75 Å². The number of nitrogens with one attached hydrogen (secondary N) is 1. The van der Waals surface area contributed by atoms with Crippen molar-refractivity contribution in [3.05, 3.63) is 30.3 Å². The van der Waals surface area contributed by atoms with Crippen molar-refractivity contribution in [2.45, 2.75) is 32.8 Å². The monoisotopic (exact) mass is 279 g/mol. The van der Waals surface area contributed by atoms with Crippen LogP contribution in [0.1, 0.15) is 26.7 Å². The normalized spacial score (nSPS) is 13.3. The van der Waals surface area contributed by atoms with E-state index in [2.05, 4.69) is 5.32 Å². The van der Waals surface area contributed by atoms with Crippen LogP contribution in [0.3, 0.4) is 0 Å². The number of carboxylic acid groups (broad SMARTS) is 1. The molecule has 1 amide bonds. The van der Waals surface area contributed by atoms with E-state index in [4.69, 9.17) is 9.84 Å². The van der Waals surface area contributed by atoms with Crippen molar-refractivity contribution in [2.24, 2.45) is 5.92 Å². The topological polar surface area (TPSA) is 75.6 Å². The molecular weight excluding hydrogens is 258 g/mol. The van der Waals surface area contributed by atoms with Crippen molar-refractivity contribution in [1.82, 2.24) is 5.32 Å². The highest BCUT2D eigenvalue weighted by Crippen LogP contribution is 2.12. The van der Waals surface area contributed by atoms with Crippen LogP contribution in [0.25, 0.3) is 0 Å². The van der Waals surface area contributed by atoms with Crippen molar-refractivity contribution in [1.29, 1.82) is 0 Å². The lowest BCUT2D eigenvalue weighted by Gasteiger charge is -2.18. The fourth-order valence-corrected chi connectivity index (χ4v) is 1.73. The van der Waals surface area contributed by atoms with E-state index in [0.717, 1.165) is 0 Å². The van der Waals surface area contributed by atoms with Crippen LogP contribution >= 0.6 is 0 Å². The number of benzene rings is 1. The molecule has 0 saturated carbocycles. The van der Waals surface area contributed by atoms with Crippen LogP contribution in [-0.4, -0.2) is 29.6 Å². The van der Waals surface area contributed by atoms with Gasteiger partial charge in [-0.3, -0.25) is 9.59 Å². The lowest BCUT2D eigenvalue weighted by atomic mass is 10.1. The van der Waals surface area contributed by atoms with Crippen LogP contribution in [0.4, 0.5) is 0 Å². The molecule has 110 valence electrons. The lowest BCUT2D eigenvalue weighted by Crippen LogP contribution is -2.41. The fourth-order valence-electron chi connectivity index (χ4n) is 1.73. The maximum atomic E-state index is 12.0. The van der Waals surface area contributed by atoms with Crippen molar-refractivity contribution in [2.75, 3.05) is 6.54 Å². The number of ether oxygens (including phenoxy) is 1. The summed E-state index contributed by atoms with van der Waals surface area (Å²) in [6.07, 6.45) is 0.389. The molecule has 0 bridgehead atoms. The molecule has 5 heteroatoms. The minimum Gasteiger partial charge on any atom is -0.481 e. The molecule has 2 atom stereocenters. The Balaban J connectivity index is 2.53. The number of amides is 1. The van der Waals surface area contributed by atoms with Crippen LogP contribution in [0.2, 0.25) is 0 Å². The second kappa shape index (κ2) is 8.19. The van der Waals surface area contributed by atoms with E-state index in [0.29, 0.717) is 18.6 Å². The van der Waals surface area contributed by atoms with E-state index < -0.39 is 18.0 Å². The van der Waals surface area contributed by atoms with Crippen molar-refractivity contribution >= 4 is 11.9 Å². The SMILES string of the molecule is CCC(CNC(=O)C(CC)Oc1ccccc1)C(=O)O. The van der Waals surface area contributed by atoms with Gasteiger partial charge in [0.05, 0.1) is 5.92 Å². The number of carbonyl (C=O) groups is 2. The number of rotatable bonds is 8. The Morgan fingerprint density at radius 1 is 1.20 bits per heavy atom. The Morgan fingerprint density at radius 3 is 2.35 bits per heavy atom. The van der Waals surface area contributed by atoms with Gasteiger partial charge in [-0.25, -0.2) is 0 Å². The molecule has 0 aliphatic heterocycles. The maximum absolute atomic E-state index is 12.0. The molecule has 0 aliphatic carbocycles. The molecule has 1 aromatic rings. The van der Waals surface area contributed by atoms with Gasteiger partial charge in [-0.05, 0) is 25.0 Å². The summed E-state index contributed by atoms with van der Waals surface area (Å²) in [4.78, 5) is 22.9. The van der Waals surface area contributed by atoms with E-state index >= 15 is 0 Å². The number of hydrogen-bond donors (Lipinski definition) is 2. The van der Waals surface area contributed by atoms with Gasteiger partial charge >= 0.3 is 5.97 Å². The fraction of sp³-hybridized carbons (Fsp3) is 0.467. The van der Waals surface area contributed by atoms with Gasteiger partial charge in [0, 0.05) is 6.54 Å². The molecule has 20 heavy (non-hydrogen) atoms. The van der Waals surface area contributed by atoms with Crippen molar-refractivity contribution in [3.63, 3.8) is 0 Å². The van der Waals surface area contributed by atoms with Crippen molar-refractivity contribution in [3.8, 4) is 5.75 Å². The lowest BCUT2D eigenvalue weighted by molar-refractivity contribution is -0.142. The van der Waals surface area contributed by atoms with Crippen LogP contribution in [-0.2, 0) is 9.59 Å². The second-order valence-electron chi connectivity index (χ2n) is 4.52. The first-order chi connectivity index (χ1) is 9.58. The van der Waals surface area contributed by atoms with Gasteiger partial charge in [-0.15, -0.1) is 0 Å². The molecule has 0 fully saturated rings. The van der Waals surface area contributed by atoms with Gasteiger partial charge in [-0.2, -0.15) is 0 Å². The zero-order chi connectivity index (χ0) is 15.0. The standard InChI is InChI=1S/C15H21NO4/c1-3-11(15(18)19)10-16-14(17)13(4-2)20-12-8-6-5-7-9-12/h5-9,11,13H,3-4,10H2,1-2H3,(H,16,17)(H,18,19). The molecule has 1 rings (SSSR count). The first-order valence-corrected chi connectivity index (χ1v) is 6.80. The molecular formula is C15H21NO4. The summed E-state index contributed by atoms with van der Waals surface area (Å²) in [6.45, 7) is 3.75. The van der Waals surface area contributed by atoms with E-state index in [-0.39, 0.29) is 12.5 Å². The molecule has 0 aliphatic rings. The van der Waals surface area contributed by atoms with Gasteiger partial charge in [0.25, 0.3) is 5.91 Å². The molecule has 1 aromatic carbocycles. The van der Waals surface area contributed by atoms with E-state index in [1.54, 1.807) is 19.1 Å². The highest BCUT2D eigenvalue weighted by molar-refractivity contribution is 5.81. The average Bonchev–Trinajstić information content (AvgIpc) is 2.45. The Morgan fingerprint density at radius 2 is 1.85 bits per heavy atom. The minimum absolute atomic E-state index is 0.124. The zero-order valence-corrected chi connectivity index (χ0v) is 11.8. The first kappa shape index (κ1) is 16.0. The summed E-state index contributed by atoms with van der Waals surface area (Å²) in [7, 11) is 0. The molecule has 0 spiro atoms. The highest BCUT2D eigenvalue weighted by Gasteiger charge is 2.21. The summed E-state index contributed by atoms with van der Waals surface area (Å²) < 4.78 is 5.59.